The number of carboxylic acids is 1. The first-order valence-electron chi connectivity index (χ1n) is 5.70. The van der Waals surface area contributed by atoms with Gasteiger partial charge in [0, 0.05) is 16.5 Å². The molecule has 0 aliphatic carbocycles. The number of aromatic carboxylic acids is 1. The topological polar surface area (TPSA) is 42.2 Å². The van der Waals surface area contributed by atoms with Crippen LogP contribution < -0.4 is 0 Å². The van der Waals surface area contributed by atoms with Gasteiger partial charge in [0.2, 0.25) is 0 Å². The van der Waals surface area contributed by atoms with Crippen LogP contribution in [-0.4, -0.2) is 15.6 Å². The Morgan fingerprint density at radius 2 is 2.11 bits per heavy atom. The van der Waals surface area contributed by atoms with Crippen LogP contribution in [0, 0.1) is 5.82 Å². The first-order valence-corrected chi connectivity index (χ1v) is 6.52. The Morgan fingerprint density at radius 3 is 2.84 bits per heavy atom. The Kier molecular flexibility index (Phi) is 2.83. The molecular weight excluding hydrogens is 265 g/mol. The first kappa shape index (κ1) is 11.9. The van der Waals surface area contributed by atoms with E-state index in [-0.39, 0.29) is 5.82 Å². The molecule has 19 heavy (non-hydrogen) atoms. The third-order valence-corrected chi connectivity index (χ3v) is 4.02. The van der Waals surface area contributed by atoms with Gasteiger partial charge in [0.15, 0.2) is 0 Å². The molecule has 3 nitrogen and oxygen atoms in total. The van der Waals surface area contributed by atoms with E-state index in [4.69, 9.17) is 5.11 Å². The van der Waals surface area contributed by atoms with Crippen molar-refractivity contribution in [2.45, 2.75) is 6.54 Å². The van der Waals surface area contributed by atoms with E-state index in [1.54, 1.807) is 24.3 Å². The highest BCUT2D eigenvalue weighted by Gasteiger charge is 2.09. The molecule has 96 valence electrons. The third kappa shape index (κ3) is 2.13. The summed E-state index contributed by atoms with van der Waals surface area (Å²) in [5.41, 5.74) is 0.810. The molecule has 2 aromatic heterocycles. The number of rotatable bonds is 3. The summed E-state index contributed by atoms with van der Waals surface area (Å²) in [5.74, 6) is -1.16. The second kappa shape index (κ2) is 4.51. The Labute approximate surface area is 112 Å². The number of halogens is 1. The van der Waals surface area contributed by atoms with Gasteiger partial charge in [-0.15, -0.1) is 11.3 Å². The summed E-state index contributed by atoms with van der Waals surface area (Å²) in [4.78, 5) is 12.1. The molecule has 2 heterocycles. The lowest BCUT2D eigenvalue weighted by atomic mass is 10.2. The zero-order chi connectivity index (χ0) is 13.4. The minimum Gasteiger partial charge on any atom is -0.477 e. The van der Waals surface area contributed by atoms with Crippen molar-refractivity contribution in [2.24, 2.45) is 0 Å². The molecule has 0 amide bonds. The van der Waals surface area contributed by atoms with Crippen molar-refractivity contribution >= 4 is 28.2 Å². The van der Waals surface area contributed by atoms with Crippen LogP contribution in [0.15, 0.2) is 42.6 Å². The van der Waals surface area contributed by atoms with Gasteiger partial charge in [-0.05, 0) is 30.3 Å². The van der Waals surface area contributed by atoms with Crippen molar-refractivity contribution in [1.82, 2.24) is 4.57 Å². The van der Waals surface area contributed by atoms with Crippen molar-refractivity contribution in [1.29, 1.82) is 0 Å². The maximum Gasteiger partial charge on any atom is 0.345 e. The van der Waals surface area contributed by atoms with Crippen LogP contribution in [-0.2, 0) is 6.54 Å². The van der Waals surface area contributed by atoms with Crippen LogP contribution in [0.4, 0.5) is 4.39 Å². The van der Waals surface area contributed by atoms with Gasteiger partial charge in [0.05, 0.1) is 12.1 Å². The maximum absolute atomic E-state index is 13.6. The summed E-state index contributed by atoms with van der Waals surface area (Å²) in [6.45, 7) is 0.547. The lowest BCUT2D eigenvalue weighted by Crippen LogP contribution is -1.95. The first-order chi connectivity index (χ1) is 9.15. The van der Waals surface area contributed by atoms with Crippen LogP contribution in [0.3, 0.4) is 0 Å². The predicted octanol–water partition coefficient (Wildman–Crippen LogP) is 3.59. The monoisotopic (exact) mass is 275 g/mol. The second-order valence-corrected chi connectivity index (χ2v) is 5.36. The molecule has 0 bridgehead atoms. The molecule has 0 unspecified atom stereocenters. The maximum atomic E-state index is 13.6. The van der Waals surface area contributed by atoms with Gasteiger partial charge < -0.3 is 9.67 Å². The van der Waals surface area contributed by atoms with Gasteiger partial charge in [-0.3, -0.25) is 0 Å². The number of benzene rings is 1. The Morgan fingerprint density at radius 1 is 1.26 bits per heavy atom. The van der Waals surface area contributed by atoms with E-state index in [9.17, 15) is 9.18 Å². The number of thiophene rings is 1. The Bertz CT molecular complexity index is 760. The summed E-state index contributed by atoms with van der Waals surface area (Å²) in [6.07, 6.45) is 1.81. The molecule has 0 aliphatic heterocycles. The summed E-state index contributed by atoms with van der Waals surface area (Å²) in [7, 11) is 0. The predicted molar refractivity (Wildman–Crippen MR) is 72.3 cm³/mol. The summed E-state index contributed by atoms with van der Waals surface area (Å²) >= 11 is 1.24. The summed E-state index contributed by atoms with van der Waals surface area (Å²) in [6, 6.07) is 10.1. The second-order valence-electron chi connectivity index (χ2n) is 4.19. The quantitative estimate of drug-likeness (QED) is 0.793. The molecule has 0 saturated carbocycles. The van der Waals surface area contributed by atoms with Crippen molar-refractivity contribution in [2.75, 3.05) is 0 Å². The highest BCUT2D eigenvalue weighted by atomic mass is 32.1. The number of carbonyl (C=O) groups is 1. The van der Waals surface area contributed by atoms with Gasteiger partial charge in [-0.25, -0.2) is 9.18 Å². The van der Waals surface area contributed by atoms with Crippen LogP contribution in [0.5, 0.6) is 0 Å². The smallest absolute Gasteiger partial charge is 0.345 e. The fraction of sp³-hybridized carbons (Fsp3) is 0.0714. The SMILES string of the molecule is O=C(O)c1ccc(Cn2ccc3c(F)cccc32)s1. The van der Waals surface area contributed by atoms with E-state index in [0.29, 0.717) is 16.8 Å². The van der Waals surface area contributed by atoms with Crippen LogP contribution >= 0.6 is 11.3 Å². The molecule has 0 spiro atoms. The summed E-state index contributed by atoms with van der Waals surface area (Å²) < 4.78 is 15.5. The molecule has 1 aromatic carbocycles. The number of nitrogens with zero attached hydrogens (tertiary/aromatic N) is 1. The zero-order valence-corrected chi connectivity index (χ0v) is 10.7. The molecule has 5 heteroatoms. The Hall–Kier alpha value is -2.14. The minimum atomic E-state index is -0.917. The molecule has 0 atom stereocenters. The van der Waals surface area contributed by atoms with Gasteiger partial charge >= 0.3 is 5.97 Å². The van der Waals surface area contributed by atoms with Gasteiger partial charge in [-0.1, -0.05) is 6.07 Å². The molecule has 0 radical (unpaired) electrons. The lowest BCUT2D eigenvalue weighted by molar-refractivity contribution is 0.0702. The lowest BCUT2D eigenvalue weighted by Gasteiger charge is -2.03. The largest absolute Gasteiger partial charge is 0.477 e. The van der Waals surface area contributed by atoms with E-state index in [1.165, 1.54) is 17.4 Å². The molecule has 0 fully saturated rings. The van der Waals surface area contributed by atoms with Crippen LogP contribution in [0.1, 0.15) is 14.5 Å². The average molecular weight is 275 g/mol. The third-order valence-electron chi connectivity index (χ3n) is 2.96. The molecule has 3 rings (SSSR count). The van der Waals surface area contributed by atoms with Crippen LogP contribution in [0.25, 0.3) is 10.9 Å². The molecular formula is C14H10FNO2S. The number of aromatic nitrogens is 1. The van der Waals surface area contributed by atoms with Crippen molar-refractivity contribution in [3.63, 3.8) is 0 Å². The normalized spacial score (nSPS) is 11.0. The van der Waals surface area contributed by atoms with Gasteiger partial charge in [-0.2, -0.15) is 0 Å². The highest BCUT2D eigenvalue weighted by Crippen LogP contribution is 2.23. The van der Waals surface area contributed by atoms with E-state index in [2.05, 4.69) is 0 Å². The van der Waals surface area contributed by atoms with E-state index in [1.807, 2.05) is 16.8 Å². The summed E-state index contributed by atoms with van der Waals surface area (Å²) in [5, 5.41) is 9.47. The van der Waals surface area contributed by atoms with Gasteiger partial charge in [0.1, 0.15) is 10.7 Å². The zero-order valence-electron chi connectivity index (χ0n) is 9.84. The minimum absolute atomic E-state index is 0.242. The number of hydrogen-bond donors (Lipinski definition) is 1. The fourth-order valence-corrected chi connectivity index (χ4v) is 2.92. The van der Waals surface area contributed by atoms with Gasteiger partial charge in [0.25, 0.3) is 0 Å². The number of carboxylic acid groups (broad SMARTS) is 1. The van der Waals surface area contributed by atoms with Crippen molar-refractivity contribution in [3.05, 3.63) is 58.2 Å². The van der Waals surface area contributed by atoms with E-state index >= 15 is 0 Å². The molecule has 0 saturated heterocycles. The molecule has 0 aliphatic rings. The molecule has 3 aromatic rings. The highest BCUT2D eigenvalue weighted by molar-refractivity contribution is 7.13. The standard InChI is InChI=1S/C14H10FNO2S/c15-11-2-1-3-12-10(11)6-7-16(12)8-9-4-5-13(19-9)14(17)18/h1-7H,8H2,(H,17,18). The van der Waals surface area contributed by atoms with Crippen molar-refractivity contribution < 1.29 is 14.3 Å². The Balaban J connectivity index is 1.96. The fourth-order valence-electron chi connectivity index (χ4n) is 2.07. The number of fused-ring (bicyclic) bond motifs is 1. The van der Waals surface area contributed by atoms with E-state index < -0.39 is 5.97 Å². The van der Waals surface area contributed by atoms with Crippen molar-refractivity contribution in [3.8, 4) is 0 Å². The van der Waals surface area contributed by atoms with E-state index in [0.717, 1.165) is 10.4 Å². The molecule has 1 N–H and O–H groups in total. The van der Waals surface area contributed by atoms with Crippen LogP contribution in [0.2, 0.25) is 0 Å². The average Bonchev–Trinajstić information content (AvgIpc) is 2.98. The number of hydrogen-bond acceptors (Lipinski definition) is 2.